The maximum absolute atomic E-state index is 13.8. The van der Waals surface area contributed by atoms with Gasteiger partial charge in [-0.05, 0) is 24.6 Å². The Labute approximate surface area is 111 Å². The van der Waals surface area contributed by atoms with Crippen molar-refractivity contribution in [3.05, 3.63) is 48.3 Å². The van der Waals surface area contributed by atoms with Gasteiger partial charge in [0.25, 0.3) is 0 Å². The first kappa shape index (κ1) is 13.1. The molecule has 1 aromatic carbocycles. The van der Waals surface area contributed by atoms with Crippen LogP contribution in [0.5, 0.6) is 0 Å². The maximum Gasteiger partial charge on any atom is 0.147 e. The lowest BCUT2D eigenvalue weighted by atomic mass is 10.2. The van der Waals surface area contributed by atoms with Crippen LogP contribution in [0.25, 0.3) is 0 Å². The summed E-state index contributed by atoms with van der Waals surface area (Å²) in [6, 6.07) is 6.47. The minimum Gasteiger partial charge on any atom is -0.372 e. The van der Waals surface area contributed by atoms with Crippen molar-refractivity contribution in [1.82, 2.24) is 9.55 Å². The van der Waals surface area contributed by atoms with Gasteiger partial charge in [-0.25, -0.2) is 9.37 Å². The zero-order valence-electron chi connectivity index (χ0n) is 10.8. The lowest BCUT2D eigenvalue weighted by Crippen LogP contribution is -2.20. The Morgan fingerprint density at radius 2 is 2.32 bits per heavy atom. The fourth-order valence-electron chi connectivity index (χ4n) is 1.92. The molecule has 0 amide bonds. The van der Waals surface area contributed by atoms with Crippen LogP contribution in [0.2, 0.25) is 0 Å². The van der Waals surface area contributed by atoms with Crippen LogP contribution >= 0.6 is 0 Å². The minimum atomic E-state index is -0.357. The summed E-state index contributed by atoms with van der Waals surface area (Å²) in [7, 11) is 1.85. The number of rotatable bonds is 5. The van der Waals surface area contributed by atoms with E-state index in [0.29, 0.717) is 11.3 Å². The highest BCUT2D eigenvalue weighted by atomic mass is 19.1. The Kier molecular flexibility index (Phi) is 4.14. The molecule has 1 heterocycles. The molecule has 98 valence electrons. The normalized spacial score (nSPS) is 10.2. The van der Waals surface area contributed by atoms with Gasteiger partial charge in [0.15, 0.2) is 0 Å². The molecule has 0 saturated heterocycles. The van der Waals surface area contributed by atoms with E-state index in [-0.39, 0.29) is 5.82 Å². The van der Waals surface area contributed by atoms with Crippen molar-refractivity contribution in [1.29, 1.82) is 5.26 Å². The number of anilines is 1. The van der Waals surface area contributed by atoms with E-state index in [2.05, 4.69) is 4.98 Å². The molecule has 2 aromatic rings. The molecule has 0 aliphatic heterocycles. The highest BCUT2D eigenvalue weighted by molar-refractivity contribution is 5.50. The number of hydrogen-bond donors (Lipinski definition) is 0. The molecular formula is C14H15FN4. The van der Waals surface area contributed by atoms with E-state index in [1.165, 1.54) is 6.07 Å². The highest BCUT2D eigenvalue weighted by Gasteiger charge is 2.08. The molecule has 0 unspecified atom stereocenters. The third-order valence-corrected chi connectivity index (χ3v) is 2.96. The van der Waals surface area contributed by atoms with Crippen molar-refractivity contribution < 1.29 is 4.39 Å². The Morgan fingerprint density at radius 3 is 2.95 bits per heavy atom. The van der Waals surface area contributed by atoms with Gasteiger partial charge in [-0.1, -0.05) is 0 Å². The first-order valence-corrected chi connectivity index (χ1v) is 6.07. The average Bonchev–Trinajstić information content (AvgIpc) is 2.91. The number of aromatic nitrogens is 2. The number of hydrogen-bond acceptors (Lipinski definition) is 3. The van der Waals surface area contributed by atoms with E-state index >= 15 is 0 Å². The molecule has 0 bridgehead atoms. The lowest BCUT2D eigenvalue weighted by molar-refractivity contribution is 0.606. The van der Waals surface area contributed by atoms with E-state index in [4.69, 9.17) is 5.26 Å². The second kappa shape index (κ2) is 6.01. The predicted molar refractivity (Wildman–Crippen MR) is 71.2 cm³/mol. The molecule has 0 saturated carbocycles. The molecule has 0 N–H and O–H groups in total. The van der Waals surface area contributed by atoms with Crippen LogP contribution in [0.4, 0.5) is 10.1 Å². The molecule has 1 aromatic heterocycles. The number of nitrogens with zero attached hydrogens (tertiary/aromatic N) is 4. The zero-order chi connectivity index (χ0) is 13.7. The van der Waals surface area contributed by atoms with Crippen molar-refractivity contribution in [2.45, 2.75) is 13.0 Å². The monoisotopic (exact) mass is 258 g/mol. The predicted octanol–water partition coefficient (Wildman–Crippen LogP) is 2.42. The SMILES string of the molecule is CN(CCCn1ccnc1)c1ccc(C#N)cc1F. The number of halogens is 1. The molecule has 0 aliphatic rings. The summed E-state index contributed by atoms with van der Waals surface area (Å²) in [6.07, 6.45) is 6.31. The van der Waals surface area contributed by atoms with Gasteiger partial charge in [0.05, 0.1) is 23.6 Å². The van der Waals surface area contributed by atoms with Gasteiger partial charge in [0, 0.05) is 32.5 Å². The molecule has 5 heteroatoms. The number of benzene rings is 1. The fraction of sp³-hybridized carbons (Fsp3) is 0.286. The maximum atomic E-state index is 13.8. The van der Waals surface area contributed by atoms with Crippen LogP contribution < -0.4 is 4.90 Å². The number of aryl methyl sites for hydroxylation is 1. The summed E-state index contributed by atoms with van der Waals surface area (Å²) < 4.78 is 15.8. The molecule has 0 radical (unpaired) electrons. The van der Waals surface area contributed by atoms with Crippen LogP contribution in [0.1, 0.15) is 12.0 Å². The lowest BCUT2D eigenvalue weighted by Gasteiger charge is -2.20. The standard InChI is InChI=1S/C14H15FN4/c1-18(6-2-7-19-8-5-17-11-19)14-4-3-12(10-16)9-13(14)15/h3-5,8-9,11H,2,6-7H2,1H3. The molecule has 0 atom stereocenters. The highest BCUT2D eigenvalue weighted by Crippen LogP contribution is 2.19. The summed E-state index contributed by atoms with van der Waals surface area (Å²) in [5.74, 6) is -0.357. The van der Waals surface area contributed by atoms with Crippen LogP contribution in [-0.2, 0) is 6.54 Å². The summed E-state index contributed by atoms with van der Waals surface area (Å²) in [6.45, 7) is 1.59. The largest absolute Gasteiger partial charge is 0.372 e. The fourth-order valence-corrected chi connectivity index (χ4v) is 1.92. The molecule has 2 rings (SSSR count). The summed E-state index contributed by atoms with van der Waals surface area (Å²) in [5.41, 5.74) is 0.859. The zero-order valence-corrected chi connectivity index (χ0v) is 10.8. The van der Waals surface area contributed by atoms with Gasteiger partial charge < -0.3 is 9.47 Å². The van der Waals surface area contributed by atoms with Gasteiger partial charge >= 0.3 is 0 Å². The Balaban J connectivity index is 1.92. The molecule has 0 aliphatic carbocycles. The third-order valence-electron chi connectivity index (χ3n) is 2.96. The molecular weight excluding hydrogens is 243 g/mol. The second-order valence-corrected chi connectivity index (χ2v) is 4.35. The first-order chi connectivity index (χ1) is 9.20. The molecule has 19 heavy (non-hydrogen) atoms. The van der Waals surface area contributed by atoms with Crippen molar-refractivity contribution in [3.8, 4) is 6.07 Å². The van der Waals surface area contributed by atoms with Crippen molar-refractivity contribution in [2.75, 3.05) is 18.5 Å². The van der Waals surface area contributed by atoms with Crippen molar-refractivity contribution in [3.63, 3.8) is 0 Å². The van der Waals surface area contributed by atoms with E-state index in [9.17, 15) is 4.39 Å². The van der Waals surface area contributed by atoms with Crippen LogP contribution in [0, 0.1) is 17.1 Å². The summed E-state index contributed by atoms with van der Waals surface area (Å²) in [5, 5.41) is 8.70. The molecule has 0 spiro atoms. The third kappa shape index (κ3) is 3.32. The number of nitriles is 1. The van der Waals surface area contributed by atoms with Gasteiger partial charge in [-0.2, -0.15) is 5.26 Å². The van der Waals surface area contributed by atoms with E-state index in [1.807, 2.05) is 28.8 Å². The number of imidazole rings is 1. The quantitative estimate of drug-likeness (QED) is 0.827. The Bertz CT molecular complexity index is 572. The molecule has 4 nitrogen and oxygen atoms in total. The topological polar surface area (TPSA) is 44.9 Å². The van der Waals surface area contributed by atoms with Gasteiger partial charge in [0.1, 0.15) is 5.82 Å². The van der Waals surface area contributed by atoms with E-state index in [1.54, 1.807) is 24.7 Å². The average molecular weight is 258 g/mol. The summed E-state index contributed by atoms with van der Waals surface area (Å²) in [4.78, 5) is 5.82. The minimum absolute atomic E-state index is 0.341. The summed E-state index contributed by atoms with van der Waals surface area (Å²) >= 11 is 0. The Morgan fingerprint density at radius 1 is 1.47 bits per heavy atom. The van der Waals surface area contributed by atoms with E-state index < -0.39 is 0 Å². The van der Waals surface area contributed by atoms with Gasteiger partial charge in [-0.15, -0.1) is 0 Å². The first-order valence-electron chi connectivity index (χ1n) is 6.07. The smallest absolute Gasteiger partial charge is 0.147 e. The van der Waals surface area contributed by atoms with Crippen LogP contribution in [0.15, 0.2) is 36.9 Å². The molecule has 0 fully saturated rings. The van der Waals surface area contributed by atoms with Crippen LogP contribution in [-0.4, -0.2) is 23.1 Å². The van der Waals surface area contributed by atoms with Gasteiger partial charge in [0.2, 0.25) is 0 Å². The van der Waals surface area contributed by atoms with Crippen LogP contribution in [0.3, 0.4) is 0 Å². The van der Waals surface area contributed by atoms with E-state index in [0.717, 1.165) is 19.5 Å². The Hall–Kier alpha value is -2.35. The second-order valence-electron chi connectivity index (χ2n) is 4.35. The van der Waals surface area contributed by atoms with Gasteiger partial charge in [-0.3, -0.25) is 0 Å². The van der Waals surface area contributed by atoms with Crippen molar-refractivity contribution >= 4 is 5.69 Å². The van der Waals surface area contributed by atoms with Crippen molar-refractivity contribution in [2.24, 2.45) is 0 Å².